The highest BCUT2D eigenvalue weighted by atomic mass is 16.5. The van der Waals surface area contributed by atoms with Crippen LogP contribution < -0.4 is 5.73 Å². The Morgan fingerprint density at radius 1 is 1.29 bits per heavy atom. The molecule has 102 valence electrons. The normalized spacial score (nSPS) is 33.4. The number of hydrogen-bond acceptors (Lipinski definition) is 2. The van der Waals surface area contributed by atoms with Crippen molar-refractivity contribution in [1.29, 1.82) is 0 Å². The summed E-state index contributed by atoms with van der Waals surface area (Å²) in [5.41, 5.74) is 6.44. The van der Waals surface area contributed by atoms with Crippen LogP contribution in [0.1, 0.15) is 66.2 Å². The minimum absolute atomic E-state index is 0.0231. The van der Waals surface area contributed by atoms with Crippen molar-refractivity contribution in [3.63, 3.8) is 0 Å². The molecular formula is C15H31NO. The fourth-order valence-corrected chi connectivity index (χ4v) is 2.98. The Hall–Kier alpha value is -0.0800. The molecule has 2 unspecified atom stereocenters. The van der Waals surface area contributed by atoms with Crippen molar-refractivity contribution in [3.8, 4) is 0 Å². The second kappa shape index (κ2) is 6.75. The quantitative estimate of drug-likeness (QED) is 0.769. The molecule has 1 fully saturated rings. The second-order valence-corrected chi connectivity index (χ2v) is 6.04. The van der Waals surface area contributed by atoms with Gasteiger partial charge < -0.3 is 10.5 Å². The van der Waals surface area contributed by atoms with Crippen molar-refractivity contribution in [1.82, 2.24) is 0 Å². The van der Waals surface area contributed by atoms with Gasteiger partial charge in [0, 0.05) is 12.6 Å². The lowest BCUT2D eigenvalue weighted by atomic mass is 9.73. The third kappa shape index (κ3) is 3.96. The molecule has 17 heavy (non-hydrogen) atoms. The third-order valence-electron chi connectivity index (χ3n) is 4.58. The van der Waals surface area contributed by atoms with E-state index >= 15 is 0 Å². The van der Waals surface area contributed by atoms with Gasteiger partial charge in [0.1, 0.15) is 0 Å². The van der Waals surface area contributed by atoms with E-state index in [0.717, 1.165) is 31.8 Å². The predicted molar refractivity (Wildman–Crippen MR) is 74.0 cm³/mol. The molecule has 0 heterocycles. The predicted octanol–water partition coefficient (Wildman–Crippen LogP) is 3.74. The third-order valence-corrected chi connectivity index (χ3v) is 4.58. The highest BCUT2D eigenvalue weighted by molar-refractivity contribution is 4.95. The maximum atomic E-state index is 6.47. The molecule has 0 amide bonds. The van der Waals surface area contributed by atoms with Gasteiger partial charge in [-0.2, -0.15) is 0 Å². The minimum Gasteiger partial charge on any atom is -0.374 e. The summed E-state index contributed by atoms with van der Waals surface area (Å²) >= 11 is 0. The Bertz CT molecular complexity index is 209. The molecule has 0 aromatic heterocycles. The van der Waals surface area contributed by atoms with Crippen molar-refractivity contribution < 1.29 is 4.74 Å². The van der Waals surface area contributed by atoms with E-state index in [0.29, 0.717) is 5.92 Å². The zero-order chi connectivity index (χ0) is 12.9. The second-order valence-electron chi connectivity index (χ2n) is 6.04. The van der Waals surface area contributed by atoms with Crippen LogP contribution in [0, 0.1) is 11.8 Å². The summed E-state index contributed by atoms with van der Waals surface area (Å²) in [6, 6.07) is 0.213. The average molecular weight is 241 g/mol. The van der Waals surface area contributed by atoms with Crippen molar-refractivity contribution in [3.05, 3.63) is 0 Å². The summed E-state index contributed by atoms with van der Waals surface area (Å²) in [6.45, 7) is 9.77. The van der Waals surface area contributed by atoms with E-state index in [1.165, 1.54) is 19.3 Å². The maximum absolute atomic E-state index is 6.47. The van der Waals surface area contributed by atoms with Crippen molar-refractivity contribution in [2.45, 2.75) is 77.9 Å². The lowest BCUT2D eigenvalue weighted by Gasteiger charge is -2.44. The summed E-state index contributed by atoms with van der Waals surface area (Å²) < 4.78 is 6.10. The van der Waals surface area contributed by atoms with Gasteiger partial charge in [-0.3, -0.25) is 0 Å². The van der Waals surface area contributed by atoms with Crippen molar-refractivity contribution >= 4 is 0 Å². The van der Waals surface area contributed by atoms with Crippen LogP contribution in [0.5, 0.6) is 0 Å². The highest BCUT2D eigenvalue weighted by Crippen LogP contribution is 2.38. The number of hydrogen-bond donors (Lipinski definition) is 1. The number of nitrogens with two attached hydrogens (primary N) is 1. The number of ether oxygens (including phenoxy) is 1. The van der Waals surface area contributed by atoms with Crippen LogP contribution in [0.2, 0.25) is 0 Å². The van der Waals surface area contributed by atoms with Gasteiger partial charge in [-0.1, -0.05) is 27.2 Å². The number of rotatable bonds is 6. The van der Waals surface area contributed by atoms with Gasteiger partial charge in [0.2, 0.25) is 0 Å². The molecule has 1 rings (SSSR count). The van der Waals surface area contributed by atoms with E-state index in [2.05, 4.69) is 27.7 Å². The van der Waals surface area contributed by atoms with Crippen LogP contribution in [0.4, 0.5) is 0 Å². The first-order chi connectivity index (χ1) is 8.04. The topological polar surface area (TPSA) is 35.2 Å². The van der Waals surface area contributed by atoms with Gasteiger partial charge in [-0.05, 0) is 50.9 Å². The Morgan fingerprint density at radius 3 is 2.35 bits per heavy atom. The fraction of sp³-hybridized carbons (Fsp3) is 1.00. The molecule has 2 atom stereocenters. The first-order valence-corrected chi connectivity index (χ1v) is 7.43. The van der Waals surface area contributed by atoms with Gasteiger partial charge >= 0.3 is 0 Å². The Morgan fingerprint density at radius 2 is 1.88 bits per heavy atom. The Labute approximate surface area is 107 Å². The smallest absolute Gasteiger partial charge is 0.0832 e. The Kier molecular flexibility index (Phi) is 5.94. The van der Waals surface area contributed by atoms with E-state index in [1.54, 1.807) is 0 Å². The van der Waals surface area contributed by atoms with Crippen LogP contribution in [0.25, 0.3) is 0 Å². The molecule has 0 spiro atoms. The largest absolute Gasteiger partial charge is 0.374 e. The Balaban J connectivity index is 2.63. The molecule has 1 aliphatic carbocycles. The molecule has 0 bridgehead atoms. The van der Waals surface area contributed by atoms with Crippen LogP contribution in [-0.4, -0.2) is 18.2 Å². The average Bonchev–Trinajstić information content (AvgIpc) is 2.32. The fourth-order valence-electron chi connectivity index (χ4n) is 2.98. The minimum atomic E-state index is -0.0231. The summed E-state index contributed by atoms with van der Waals surface area (Å²) in [7, 11) is 0. The zero-order valence-corrected chi connectivity index (χ0v) is 12.2. The molecular weight excluding hydrogens is 210 g/mol. The lowest BCUT2D eigenvalue weighted by molar-refractivity contribution is -0.0921. The van der Waals surface area contributed by atoms with Gasteiger partial charge in [-0.25, -0.2) is 0 Å². The van der Waals surface area contributed by atoms with Crippen molar-refractivity contribution in [2.75, 3.05) is 6.61 Å². The molecule has 0 aromatic carbocycles. The first-order valence-electron chi connectivity index (χ1n) is 7.43. The molecule has 2 N–H and O–H groups in total. The van der Waals surface area contributed by atoms with E-state index < -0.39 is 0 Å². The molecule has 0 aliphatic heterocycles. The molecule has 0 saturated heterocycles. The van der Waals surface area contributed by atoms with Crippen LogP contribution in [-0.2, 0) is 4.74 Å². The van der Waals surface area contributed by atoms with Crippen LogP contribution in [0.15, 0.2) is 0 Å². The summed E-state index contributed by atoms with van der Waals surface area (Å²) in [4.78, 5) is 0. The zero-order valence-electron chi connectivity index (χ0n) is 12.2. The molecule has 0 aromatic rings. The molecule has 0 radical (unpaired) electrons. The van der Waals surface area contributed by atoms with Gasteiger partial charge in [0.15, 0.2) is 0 Å². The van der Waals surface area contributed by atoms with Gasteiger partial charge in [-0.15, -0.1) is 0 Å². The molecule has 2 heteroatoms. The highest BCUT2D eigenvalue weighted by Gasteiger charge is 2.40. The lowest BCUT2D eigenvalue weighted by Crippen LogP contribution is -2.52. The van der Waals surface area contributed by atoms with Crippen molar-refractivity contribution in [2.24, 2.45) is 17.6 Å². The summed E-state index contributed by atoms with van der Waals surface area (Å²) in [6.07, 6.45) is 7.17. The van der Waals surface area contributed by atoms with E-state index in [1.807, 2.05) is 0 Å². The standard InChI is InChI=1S/C15H31NO/c1-5-12(3)11-14(16)15(17-6-2)9-7-13(4)8-10-15/h12-14H,5-11,16H2,1-4H3. The van der Waals surface area contributed by atoms with Crippen LogP contribution in [0.3, 0.4) is 0 Å². The molecule has 1 saturated carbocycles. The van der Waals surface area contributed by atoms with E-state index in [-0.39, 0.29) is 11.6 Å². The van der Waals surface area contributed by atoms with Gasteiger partial charge in [0.25, 0.3) is 0 Å². The first kappa shape index (κ1) is 15.0. The monoisotopic (exact) mass is 241 g/mol. The maximum Gasteiger partial charge on any atom is 0.0832 e. The molecule has 2 nitrogen and oxygen atoms in total. The van der Waals surface area contributed by atoms with Crippen LogP contribution >= 0.6 is 0 Å². The summed E-state index contributed by atoms with van der Waals surface area (Å²) in [5.74, 6) is 1.56. The summed E-state index contributed by atoms with van der Waals surface area (Å²) in [5, 5.41) is 0. The molecule has 1 aliphatic rings. The van der Waals surface area contributed by atoms with E-state index in [9.17, 15) is 0 Å². The SMILES string of the molecule is CCOC1(C(N)CC(C)CC)CCC(C)CC1. The van der Waals surface area contributed by atoms with Gasteiger partial charge in [0.05, 0.1) is 5.60 Å². The van der Waals surface area contributed by atoms with E-state index in [4.69, 9.17) is 10.5 Å².